The second kappa shape index (κ2) is 7.73. The molecule has 0 radical (unpaired) electrons. The minimum Gasteiger partial charge on any atom is -0.328 e. The molecule has 0 amide bonds. The Morgan fingerprint density at radius 2 is 2.16 bits per heavy atom. The van der Waals surface area contributed by atoms with Crippen molar-refractivity contribution in [2.24, 2.45) is 5.73 Å². The number of nitrogens with two attached hydrogens (primary N) is 1. The molecule has 0 aliphatic carbocycles. The van der Waals surface area contributed by atoms with Crippen LogP contribution in [0.15, 0.2) is 17.3 Å². The summed E-state index contributed by atoms with van der Waals surface area (Å²) in [5, 5.41) is 3.56. The predicted molar refractivity (Wildman–Crippen MR) is 68.9 cm³/mol. The maximum absolute atomic E-state index is 12.1. The van der Waals surface area contributed by atoms with Crippen LogP contribution in [0.25, 0.3) is 0 Å². The smallest absolute Gasteiger partial charge is 0.257 e. The quantitative estimate of drug-likeness (QED) is 0.769. The Morgan fingerprint density at radius 1 is 1.53 bits per heavy atom. The van der Waals surface area contributed by atoms with Crippen LogP contribution in [-0.2, 0) is 16.6 Å². The molecular weight excluding hydrogens is 302 g/mol. The lowest BCUT2D eigenvalue weighted by Crippen LogP contribution is -2.28. The molecule has 0 saturated heterocycles. The van der Waals surface area contributed by atoms with Gasteiger partial charge in [0.1, 0.15) is 11.4 Å². The van der Waals surface area contributed by atoms with Gasteiger partial charge in [0.15, 0.2) is 0 Å². The van der Waals surface area contributed by atoms with Crippen LogP contribution >= 0.6 is 12.4 Å². The summed E-state index contributed by atoms with van der Waals surface area (Å²) in [5.41, 5.74) is 5.48. The number of alkyl halides is 2. The topological polar surface area (TPSA) is 90.0 Å². The highest BCUT2D eigenvalue weighted by atomic mass is 35.5. The average molecular weight is 319 g/mol. The van der Waals surface area contributed by atoms with Crippen molar-refractivity contribution >= 4 is 22.4 Å². The lowest BCUT2D eigenvalue weighted by Gasteiger charge is -2.06. The lowest BCUT2D eigenvalue weighted by atomic mass is 10.3. The highest BCUT2D eigenvalue weighted by Crippen LogP contribution is 2.08. The number of aromatic nitrogens is 2. The fourth-order valence-corrected chi connectivity index (χ4v) is 2.23. The fraction of sp³-hybridized carbons (Fsp3) is 0.667. The van der Waals surface area contributed by atoms with Gasteiger partial charge in [-0.2, -0.15) is 5.10 Å². The minimum atomic E-state index is -3.70. The third-order valence-corrected chi connectivity index (χ3v) is 3.55. The molecule has 1 aromatic rings. The number of sulfonamides is 1. The van der Waals surface area contributed by atoms with E-state index in [-0.39, 0.29) is 29.9 Å². The monoisotopic (exact) mass is 318 g/mol. The van der Waals surface area contributed by atoms with E-state index in [4.69, 9.17) is 5.73 Å². The van der Waals surface area contributed by atoms with Gasteiger partial charge in [0.2, 0.25) is 10.0 Å². The van der Waals surface area contributed by atoms with Crippen LogP contribution in [0.1, 0.15) is 13.3 Å². The summed E-state index contributed by atoms with van der Waals surface area (Å²) < 4.78 is 50.8. The first-order valence-electron chi connectivity index (χ1n) is 5.37. The second-order valence-corrected chi connectivity index (χ2v) is 5.72. The maximum atomic E-state index is 12.1. The van der Waals surface area contributed by atoms with E-state index in [9.17, 15) is 17.2 Å². The Morgan fingerprint density at radius 3 is 2.68 bits per heavy atom. The third kappa shape index (κ3) is 6.28. The van der Waals surface area contributed by atoms with Gasteiger partial charge in [-0.1, -0.05) is 0 Å². The minimum absolute atomic E-state index is 0. The number of rotatable bonds is 7. The van der Waals surface area contributed by atoms with E-state index in [0.29, 0.717) is 6.42 Å². The second-order valence-electron chi connectivity index (χ2n) is 3.95. The molecule has 0 fully saturated rings. The molecule has 1 atom stereocenters. The summed E-state index contributed by atoms with van der Waals surface area (Å²) in [6, 6.07) is -0.116. The molecule has 112 valence electrons. The Kier molecular flexibility index (Phi) is 7.42. The van der Waals surface area contributed by atoms with Gasteiger partial charge in [-0.05, 0) is 13.3 Å². The van der Waals surface area contributed by atoms with Crippen molar-refractivity contribution in [3.63, 3.8) is 0 Å². The molecular formula is C9H17ClF2N4O2S. The van der Waals surface area contributed by atoms with Crippen LogP contribution < -0.4 is 10.5 Å². The van der Waals surface area contributed by atoms with E-state index < -0.39 is 23.0 Å². The molecule has 19 heavy (non-hydrogen) atoms. The summed E-state index contributed by atoms with van der Waals surface area (Å²) in [4.78, 5) is -0.132. The first kappa shape index (κ1) is 18.2. The van der Waals surface area contributed by atoms with Gasteiger partial charge < -0.3 is 5.73 Å². The van der Waals surface area contributed by atoms with E-state index in [1.165, 1.54) is 0 Å². The molecule has 1 rings (SSSR count). The molecule has 10 heteroatoms. The van der Waals surface area contributed by atoms with Crippen molar-refractivity contribution in [3.8, 4) is 0 Å². The van der Waals surface area contributed by atoms with Crippen molar-refractivity contribution in [3.05, 3.63) is 12.4 Å². The van der Waals surface area contributed by atoms with Crippen LogP contribution in [0.3, 0.4) is 0 Å². The highest BCUT2D eigenvalue weighted by molar-refractivity contribution is 7.89. The van der Waals surface area contributed by atoms with E-state index in [0.717, 1.165) is 17.1 Å². The molecule has 0 saturated carbocycles. The van der Waals surface area contributed by atoms with Gasteiger partial charge in [-0.3, -0.25) is 4.68 Å². The predicted octanol–water partition coefficient (Wildman–Crippen LogP) is 0.586. The van der Waals surface area contributed by atoms with Gasteiger partial charge >= 0.3 is 0 Å². The normalized spacial score (nSPS) is 13.3. The molecule has 1 aromatic heterocycles. The van der Waals surface area contributed by atoms with Crippen molar-refractivity contribution in [1.29, 1.82) is 0 Å². The number of nitrogens with zero attached hydrogens (tertiary/aromatic N) is 2. The third-order valence-electron chi connectivity index (χ3n) is 2.14. The van der Waals surface area contributed by atoms with E-state index in [1.807, 2.05) is 0 Å². The first-order valence-corrected chi connectivity index (χ1v) is 6.85. The van der Waals surface area contributed by atoms with Gasteiger partial charge in [-0.25, -0.2) is 21.9 Å². The summed E-state index contributed by atoms with van der Waals surface area (Å²) in [5.74, 6) is 0. The van der Waals surface area contributed by atoms with Crippen LogP contribution in [-0.4, -0.2) is 37.2 Å². The van der Waals surface area contributed by atoms with Gasteiger partial charge in [0.25, 0.3) is 6.43 Å². The number of nitrogens with one attached hydrogen (secondary N) is 1. The molecule has 0 aromatic carbocycles. The number of halogens is 3. The largest absolute Gasteiger partial charge is 0.328 e. The average Bonchev–Trinajstić information content (AvgIpc) is 2.64. The molecule has 1 heterocycles. The van der Waals surface area contributed by atoms with E-state index in [1.54, 1.807) is 6.92 Å². The van der Waals surface area contributed by atoms with Crippen molar-refractivity contribution in [2.75, 3.05) is 6.54 Å². The van der Waals surface area contributed by atoms with Crippen LogP contribution in [0.2, 0.25) is 0 Å². The van der Waals surface area contributed by atoms with E-state index in [2.05, 4.69) is 9.82 Å². The highest BCUT2D eigenvalue weighted by Gasteiger charge is 2.17. The van der Waals surface area contributed by atoms with Crippen LogP contribution in [0, 0.1) is 0 Å². The summed E-state index contributed by atoms with van der Waals surface area (Å²) >= 11 is 0. The Labute approximate surface area is 116 Å². The zero-order valence-electron chi connectivity index (χ0n) is 10.3. The SMILES string of the molecule is CC(N)CCNS(=O)(=O)c1cnn(CC(F)F)c1.Cl. The molecule has 0 aliphatic rings. The first-order chi connectivity index (χ1) is 8.31. The molecule has 6 nitrogen and oxygen atoms in total. The molecule has 3 N–H and O–H groups in total. The molecule has 0 aliphatic heterocycles. The Hall–Kier alpha value is -0.770. The lowest BCUT2D eigenvalue weighted by molar-refractivity contribution is 0.121. The molecule has 1 unspecified atom stereocenters. The maximum Gasteiger partial charge on any atom is 0.257 e. The van der Waals surface area contributed by atoms with Gasteiger partial charge in [0.05, 0.1) is 6.20 Å². The zero-order valence-corrected chi connectivity index (χ0v) is 11.9. The fourth-order valence-electron chi connectivity index (χ4n) is 1.23. The summed E-state index contributed by atoms with van der Waals surface area (Å²) in [7, 11) is -3.70. The van der Waals surface area contributed by atoms with Crippen LogP contribution in [0.4, 0.5) is 8.78 Å². The Balaban J connectivity index is 0.00000324. The van der Waals surface area contributed by atoms with Crippen molar-refractivity contribution < 1.29 is 17.2 Å². The molecule has 0 bridgehead atoms. The number of hydrogen-bond acceptors (Lipinski definition) is 4. The van der Waals surface area contributed by atoms with Crippen LogP contribution in [0.5, 0.6) is 0 Å². The number of hydrogen-bond donors (Lipinski definition) is 2. The standard InChI is InChI=1S/C9H16F2N4O2S.ClH/c1-7(12)2-3-14-18(16,17)8-4-13-15(5-8)6-9(10)11;/h4-5,7,9,14H,2-3,6,12H2,1H3;1H. The Bertz CT molecular complexity index is 478. The van der Waals surface area contributed by atoms with Crippen molar-refractivity contribution in [1.82, 2.24) is 14.5 Å². The summed E-state index contributed by atoms with van der Waals surface area (Å²) in [6.45, 7) is 1.32. The van der Waals surface area contributed by atoms with Gasteiger partial charge in [-0.15, -0.1) is 12.4 Å². The van der Waals surface area contributed by atoms with Crippen molar-refractivity contribution in [2.45, 2.75) is 37.3 Å². The molecule has 0 spiro atoms. The van der Waals surface area contributed by atoms with E-state index >= 15 is 0 Å². The summed E-state index contributed by atoms with van der Waals surface area (Å²) in [6.07, 6.45) is 0.0213. The van der Waals surface area contributed by atoms with Gasteiger partial charge in [0, 0.05) is 18.8 Å². The zero-order chi connectivity index (χ0) is 13.8.